The molecule has 2 aliphatic rings. The Morgan fingerprint density at radius 2 is 1.68 bits per heavy atom. The van der Waals surface area contributed by atoms with Gasteiger partial charge in [-0.25, -0.2) is 0 Å². The minimum absolute atomic E-state index is 0.326. The third-order valence-electron chi connectivity index (χ3n) is 5.09. The Labute approximate surface area is 133 Å². The first kappa shape index (κ1) is 15.3. The van der Waals surface area contributed by atoms with Crippen LogP contribution in [-0.2, 0) is 0 Å². The van der Waals surface area contributed by atoms with Gasteiger partial charge in [-0.1, -0.05) is 47.6 Å². The van der Waals surface area contributed by atoms with Crippen LogP contribution >= 0.6 is 0 Å². The molecule has 0 aromatic heterocycles. The number of oxime groups is 1. The summed E-state index contributed by atoms with van der Waals surface area (Å²) in [5.74, 6) is 0.681. The van der Waals surface area contributed by atoms with Crippen molar-refractivity contribution in [1.82, 2.24) is 4.90 Å². The molecule has 3 heteroatoms. The van der Waals surface area contributed by atoms with Crippen LogP contribution in [0.2, 0.25) is 0 Å². The lowest BCUT2D eigenvalue weighted by molar-refractivity contribution is 0.176. The highest BCUT2D eigenvalue weighted by Gasteiger charge is 2.28. The Morgan fingerprint density at radius 3 is 2.41 bits per heavy atom. The molecule has 1 aliphatic heterocycles. The Kier molecular flexibility index (Phi) is 5.28. The molecule has 1 aliphatic carbocycles. The van der Waals surface area contributed by atoms with Crippen molar-refractivity contribution in [3.05, 3.63) is 48.0 Å². The summed E-state index contributed by atoms with van der Waals surface area (Å²) >= 11 is 0. The number of hydrogen-bond donors (Lipinski definition) is 1. The highest BCUT2D eigenvalue weighted by Crippen LogP contribution is 2.30. The zero-order chi connectivity index (χ0) is 15.2. The Hall–Kier alpha value is -1.61. The van der Waals surface area contributed by atoms with Crippen molar-refractivity contribution in [2.45, 2.75) is 50.5 Å². The molecule has 22 heavy (non-hydrogen) atoms. The van der Waals surface area contributed by atoms with Crippen molar-refractivity contribution in [2.24, 2.45) is 5.16 Å². The van der Waals surface area contributed by atoms with E-state index in [0.29, 0.717) is 12.0 Å². The molecule has 0 bridgehead atoms. The molecule has 1 saturated heterocycles. The monoisotopic (exact) mass is 298 g/mol. The predicted octanol–water partition coefficient (Wildman–Crippen LogP) is 4.20. The summed E-state index contributed by atoms with van der Waals surface area (Å²) in [6, 6.07) is 11.2. The quantitative estimate of drug-likeness (QED) is 0.505. The van der Waals surface area contributed by atoms with Crippen molar-refractivity contribution in [3.8, 4) is 0 Å². The van der Waals surface area contributed by atoms with Crippen molar-refractivity contribution < 1.29 is 5.21 Å². The summed E-state index contributed by atoms with van der Waals surface area (Å²) in [5, 5.41) is 13.0. The third kappa shape index (κ3) is 3.58. The van der Waals surface area contributed by atoms with Crippen molar-refractivity contribution in [3.63, 3.8) is 0 Å². The molecule has 1 fully saturated rings. The smallest absolute Gasteiger partial charge is 0.0745 e. The van der Waals surface area contributed by atoms with E-state index in [4.69, 9.17) is 0 Å². The fourth-order valence-electron chi connectivity index (χ4n) is 3.83. The number of nitrogens with zero attached hydrogens (tertiary/aromatic N) is 2. The molecule has 1 unspecified atom stereocenters. The second-order valence-corrected chi connectivity index (χ2v) is 6.42. The minimum atomic E-state index is 0.326. The van der Waals surface area contributed by atoms with Crippen LogP contribution in [0, 0.1) is 0 Å². The van der Waals surface area contributed by atoms with Crippen LogP contribution in [-0.4, -0.2) is 35.0 Å². The third-order valence-corrected chi connectivity index (χ3v) is 5.09. The van der Waals surface area contributed by atoms with Gasteiger partial charge in [0.1, 0.15) is 0 Å². The van der Waals surface area contributed by atoms with Gasteiger partial charge in [-0.3, -0.25) is 4.90 Å². The van der Waals surface area contributed by atoms with E-state index in [1.54, 1.807) is 0 Å². The molecule has 3 rings (SSSR count). The van der Waals surface area contributed by atoms with Crippen LogP contribution in [0.5, 0.6) is 0 Å². The Balaban J connectivity index is 1.63. The fourth-order valence-corrected chi connectivity index (χ4v) is 3.83. The average molecular weight is 298 g/mol. The number of rotatable bonds is 2. The molecular weight excluding hydrogens is 272 g/mol. The van der Waals surface area contributed by atoms with E-state index in [1.807, 2.05) is 0 Å². The van der Waals surface area contributed by atoms with Gasteiger partial charge in [-0.2, -0.15) is 0 Å². The number of likely N-dealkylation sites (tertiary alicyclic amines) is 1. The van der Waals surface area contributed by atoms with E-state index in [2.05, 4.69) is 52.5 Å². The Morgan fingerprint density at radius 1 is 0.955 bits per heavy atom. The summed E-state index contributed by atoms with van der Waals surface area (Å²) in [5.41, 5.74) is 2.45. The maximum absolute atomic E-state index is 9.38. The van der Waals surface area contributed by atoms with Gasteiger partial charge in [-0.15, -0.1) is 0 Å². The van der Waals surface area contributed by atoms with Crippen LogP contribution in [0.25, 0.3) is 0 Å². The maximum atomic E-state index is 9.38. The second kappa shape index (κ2) is 7.59. The lowest BCUT2D eigenvalue weighted by Gasteiger charge is -2.38. The topological polar surface area (TPSA) is 35.8 Å². The van der Waals surface area contributed by atoms with Gasteiger partial charge in [-0.05, 0) is 63.1 Å². The van der Waals surface area contributed by atoms with Gasteiger partial charge in [0.25, 0.3) is 0 Å². The van der Waals surface area contributed by atoms with Gasteiger partial charge >= 0.3 is 0 Å². The van der Waals surface area contributed by atoms with Gasteiger partial charge in [0.15, 0.2) is 0 Å². The molecule has 1 aromatic rings. The molecular formula is C19H26N2O. The molecule has 1 aromatic carbocycles. The zero-order valence-corrected chi connectivity index (χ0v) is 13.2. The first-order valence-electron chi connectivity index (χ1n) is 8.53. The SMILES string of the molecule is ON=C1CCC=CCCC1N1CCC(c2ccccc2)CC1. The molecule has 1 atom stereocenters. The molecule has 0 spiro atoms. The van der Waals surface area contributed by atoms with Crippen LogP contribution < -0.4 is 0 Å². The normalized spacial score (nSPS) is 26.7. The largest absolute Gasteiger partial charge is 0.411 e. The number of allylic oxidation sites excluding steroid dienone is 2. The van der Waals surface area contributed by atoms with Crippen LogP contribution in [0.4, 0.5) is 0 Å². The molecule has 0 radical (unpaired) electrons. The summed E-state index contributed by atoms with van der Waals surface area (Å²) < 4.78 is 0. The van der Waals surface area contributed by atoms with E-state index >= 15 is 0 Å². The molecule has 0 amide bonds. The minimum Gasteiger partial charge on any atom is -0.411 e. The average Bonchev–Trinajstić information content (AvgIpc) is 2.56. The first-order valence-corrected chi connectivity index (χ1v) is 8.53. The van der Waals surface area contributed by atoms with Crippen molar-refractivity contribution >= 4 is 5.71 Å². The maximum Gasteiger partial charge on any atom is 0.0745 e. The number of hydrogen-bond acceptors (Lipinski definition) is 3. The van der Waals surface area contributed by atoms with Crippen LogP contribution in [0.15, 0.2) is 47.6 Å². The first-order chi connectivity index (χ1) is 10.9. The molecule has 3 nitrogen and oxygen atoms in total. The number of piperidine rings is 1. The molecule has 1 N–H and O–H groups in total. The van der Waals surface area contributed by atoms with Gasteiger partial charge in [0.05, 0.1) is 11.8 Å². The lowest BCUT2D eigenvalue weighted by Crippen LogP contribution is -2.45. The summed E-state index contributed by atoms with van der Waals surface area (Å²) in [4.78, 5) is 2.54. The van der Waals surface area contributed by atoms with E-state index in [1.165, 1.54) is 18.4 Å². The Bertz CT molecular complexity index is 515. The van der Waals surface area contributed by atoms with Crippen molar-refractivity contribution in [2.75, 3.05) is 13.1 Å². The summed E-state index contributed by atoms with van der Waals surface area (Å²) in [7, 11) is 0. The summed E-state index contributed by atoms with van der Waals surface area (Å²) in [6.45, 7) is 2.21. The van der Waals surface area contributed by atoms with Gasteiger partial charge in [0, 0.05) is 0 Å². The number of benzene rings is 1. The molecule has 0 saturated carbocycles. The molecule has 118 valence electrons. The van der Waals surface area contributed by atoms with E-state index in [-0.39, 0.29) is 0 Å². The van der Waals surface area contributed by atoms with E-state index in [0.717, 1.165) is 44.5 Å². The second-order valence-electron chi connectivity index (χ2n) is 6.42. The van der Waals surface area contributed by atoms with Crippen LogP contribution in [0.3, 0.4) is 0 Å². The zero-order valence-electron chi connectivity index (χ0n) is 13.2. The lowest BCUT2D eigenvalue weighted by atomic mass is 9.87. The van der Waals surface area contributed by atoms with E-state index in [9.17, 15) is 5.21 Å². The molecule has 1 heterocycles. The van der Waals surface area contributed by atoms with Gasteiger partial charge in [0.2, 0.25) is 0 Å². The summed E-state index contributed by atoms with van der Waals surface area (Å²) in [6.07, 6.45) is 10.9. The highest BCUT2D eigenvalue weighted by atomic mass is 16.4. The van der Waals surface area contributed by atoms with Crippen molar-refractivity contribution in [1.29, 1.82) is 0 Å². The predicted molar refractivity (Wildman–Crippen MR) is 90.6 cm³/mol. The van der Waals surface area contributed by atoms with Crippen LogP contribution in [0.1, 0.15) is 50.0 Å². The van der Waals surface area contributed by atoms with Gasteiger partial charge < -0.3 is 5.21 Å². The fraction of sp³-hybridized carbons (Fsp3) is 0.526. The highest BCUT2D eigenvalue weighted by molar-refractivity contribution is 5.89. The standard InChI is InChI=1S/C19H26N2O/c22-20-18-10-6-1-2-7-11-19(18)21-14-12-17(13-15-21)16-8-4-3-5-9-16/h1-5,8-9,17,19,22H,6-7,10-15H2. The van der Waals surface area contributed by atoms with E-state index < -0.39 is 0 Å².